The van der Waals surface area contributed by atoms with Gasteiger partial charge in [0.25, 0.3) is 0 Å². The molecule has 289 valence electrons. The van der Waals surface area contributed by atoms with E-state index < -0.39 is 13.7 Å². The first-order valence-corrected chi connectivity index (χ1v) is 20.7. The van der Waals surface area contributed by atoms with Crippen molar-refractivity contribution in [3.8, 4) is 39.5 Å². The number of rotatable bonds is 6. The van der Waals surface area contributed by atoms with Crippen LogP contribution in [0, 0.1) is 25.2 Å². The standard InChI is InChI=1S/C39H31N2S2.C13H12N.Ir/c1-23(2)27-11-9-12-28(24(3)4)38(27)41-34-14-7-6-13-33(34)40-39(41)32-22-42-35-18-16-25(21-31(32)35)26-17-19-37-30(20-26)29-10-5-8-15-36(29)43-37;1-10-3-6-12(7-4-10)13-8-5-11(2)9-14-13;/h5-21,23-24H,1-4H3;3-6,8-9H,1-2H3;/q2*-1;/i;1D3,2D3;. The zero-order chi connectivity index (χ0) is 44.2. The summed E-state index contributed by atoms with van der Waals surface area (Å²) in [7, 11) is 0. The number of hydrogen-bond donors (Lipinski definition) is 0. The molecule has 0 fully saturated rings. The molecular weight excluding hydrogens is 923 g/mol. The van der Waals surface area contributed by atoms with Gasteiger partial charge in [0.05, 0.1) is 16.9 Å². The fourth-order valence-electron chi connectivity index (χ4n) is 7.55. The molecule has 0 atom stereocenters. The number of para-hydroxylation sites is 3. The predicted octanol–water partition coefficient (Wildman–Crippen LogP) is 15.2. The summed E-state index contributed by atoms with van der Waals surface area (Å²) in [6, 6.07) is 48.2. The quantitative estimate of drug-likeness (QED) is 0.155. The molecule has 3 nitrogen and oxygen atoms in total. The zero-order valence-electron chi connectivity index (χ0n) is 38.4. The van der Waals surface area contributed by atoms with Crippen molar-refractivity contribution in [3.05, 3.63) is 173 Å². The molecule has 0 aliphatic heterocycles. The summed E-state index contributed by atoms with van der Waals surface area (Å²) in [5.74, 6) is 1.71. The molecule has 0 aliphatic rings. The van der Waals surface area contributed by atoms with Crippen molar-refractivity contribution in [3.63, 3.8) is 0 Å². The molecule has 0 bridgehead atoms. The normalized spacial score (nSPS) is 13.4. The molecule has 10 rings (SSSR count). The van der Waals surface area contributed by atoms with E-state index in [1.807, 2.05) is 11.3 Å². The number of aryl methyl sites for hydroxylation is 2. The Hall–Kier alpha value is -5.23. The van der Waals surface area contributed by atoms with E-state index >= 15 is 0 Å². The minimum atomic E-state index is -2.18. The average molecular weight is 972 g/mol. The summed E-state index contributed by atoms with van der Waals surface area (Å²) in [5.41, 5.74) is 11.1. The van der Waals surface area contributed by atoms with E-state index in [2.05, 4.69) is 152 Å². The van der Waals surface area contributed by atoms with Crippen LogP contribution in [0.25, 0.3) is 80.8 Å². The van der Waals surface area contributed by atoms with Gasteiger partial charge < -0.3 is 9.55 Å². The molecule has 0 amide bonds. The van der Waals surface area contributed by atoms with Gasteiger partial charge in [-0.2, -0.15) is 0 Å². The molecule has 0 spiro atoms. The Labute approximate surface area is 370 Å². The third-order valence-electron chi connectivity index (χ3n) is 10.4. The second kappa shape index (κ2) is 16.6. The first-order valence-electron chi connectivity index (χ1n) is 22.1. The summed E-state index contributed by atoms with van der Waals surface area (Å²) in [4.78, 5) is 9.37. The number of aromatic nitrogens is 3. The molecule has 4 heterocycles. The van der Waals surface area contributed by atoms with Gasteiger partial charge in [0.2, 0.25) is 0 Å². The van der Waals surface area contributed by atoms with Gasteiger partial charge in [0.1, 0.15) is 0 Å². The molecule has 10 aromatic rings. The number of pyridine rings is 1. The Balaban J connectivity index is 0.000000225. The fourth-order valence-corrected chi connectivity index (χ4v) is 9.46. The van der Waals surface area contributed by atoms with Crippen LogP contribution in [0.4, 0.5) is 0 Å². The van der Waals surface area contributed by atoms with Gasteiger partial charge in [-0.15, -0.1) is 52.1 Å². The molecule has 58 heavy (non-hydrogen) atoms. The molecular formula is C52H43IrN3S2-2. The van der Waals surface area contributed by atoms with Crippen LogP contribution in [-0.2, 0) is 20.1 Å². The largest absolute Gasteiger partial charge is 0.333 e. The van der Waals surface area contributed by atoms with Crippen molar-refractivity contribution in [1.29, 1.82) is 0 Å². The van der Waals surface area contributed by atoms with Gasteiger partial charge in [-0.3, -0.25) is 16.3 Å². The van der Waals surface area contributed by atoms with Crippen LogP contribution in [0.3, 0.4) is 0 Å². The first-order chi connectivity index (χ1) is 30.2. The number of benzene rings is 6. The third kappa shape index (κ3) is 7.47. The van der Waals surface area contributed by atoms with Gasteiger partial charge in [-0.25, -0.2) is 0 Å². The van der Waals surface area contributed by atoms with Crippen LogP contribution < -0.4 is 0 Å². The number of nitrogens with zero attached hydrogens (tertiary/aromatic N) is 3. The summed E-state index contributed by atoms with van der Waals surface area (Å²) in [6.07, 6.45) is 1.30. The Morgan fingerprint density at radius 3 is 2.05 bits per heavy atom. The fraction of sp³-hybridized carbons (Fsp3) is 0.154. The van der Waals surface area contributed by atoms with Crippen LogP contribution in [0.15, 0.2) is 140 Å². The van der Waals surface area contributed by atoms with Crippen molar-refractivity contribution in [1.82, 2.24) is 14.5 Å². The van der Waals surface area contributed by atoms with E-state index in [4.69, 9.17) is 13.2 Å². The molecule has 0 aliphatic carbocycles. The van der Waals surface area contributed by atoms with Gasteiger partial charge in [-0.1, -0.05) is 135 Å². The Kier molecular flexibility index (Phi) is 9.33. The third-order valence-corrected chi connectivity index (χ3v) is 12.5. The van der Waals surface area contributed by atoms with Gasteiger partial charge in [0.15, 0.2) is 0 Å². The topological polar surface area (TPSA) is 30.7 Å². The zero-order valence-corrected chi connectivity index (χ0v) is 36.5. The molecule has 0 saturated heterocycles. The Morgan fingerprint density at radius 2 is 1.34 bits per heavy atom. The maximum Gasteiger partial charge on any atom is 0.0774 e. The molecule has 6 aromatic carbocycles. The van der Waals surface area contributed by atoms with Crippen molar-refractivity contribution in [2.45, 2.75) is 53.2 Å². The van der Waals surface area contributed by atoms with Crippen LogP contribution >= 0.6 is 22.7 Å². The van der Waals surface area contributed by atoms with Crippen LogP contribution in [-0.4, -0.2) is 14.5 Å². The van der Waals surface area contributed by atoms with Gasteiger partial charge in [-0.05, 0) is 82.5 Å². The monoisotopic (exact) mass is 972 g/mol. The molecule has 1 radical (unpaired) electrons. The summed E-state index contributed by atoms with van der Waals surface area (Å²) < 4.78 is 49.9. The minimum absolute atomic E-state index is 0. The minimum Gasteiger partial charge on any atom is -0.333 e. The maximum absolute atomic E-state index is 7.28. The number of imidazole rings is 1. The van der Waals surface area contributed by atoms with E-state index in [9.17, 15) is 0 Å². The number of thiophene rings is 2. The van der Waals surface area contributed by atoms with Gasteiger partial charge in [0, 0.05) is 60.4 Å². The second-order valence-electron chi connectivity index (χ2n) is 14.9. The van der Waals surface area contributed by atoms with E-state index in [1.54, 1.807) is 23.5 Å². The van der Waals surface area contributed by atoms with E-state index in [0.29, 0.717) is 23.1 Å². The molecule has 0 N–H and O–H groups in total. The van der Waals surface area contributed by atoms with Crippen molar-refractivity contribution < 1.29 is 28.3 Å². The predicted molar refractivity (Wildman–Crippen MR) is 245 cm³/mol. The molecule has 0 saturated carbocycles. The molecule has 6 heteroatoms. The smallest absolute Gasteiger partial charge is 0.0774 e. The van der Waals surface area contributed by atoms with E-state index in [-0.39, 0.29) is 31.2 Å². The van der Waals surface area contributed by atoms with Crippen LogP contribution in [0.2, 0.25) is 0 Å². The average Bonchev–Trinajstić information content (AvgIpc) is 3.98. The SMILES string of the molecule is CC(C)c1cccc(C(C)C)c1-n1c(-c2[c-]sc3ccc(-c4ccc5sc6ccccc6c5c4)cc23)nc2ccccc21.[2H]C([2H])([2H])c1c[c-]c(-c2ccc(C([2H])([2H])[2H])cn2)cc1.[Ir]. The van der Waals surface area contributed by atoms with Crippen molar-refractivity contribution in [2.75, 3.05) is 0 Å². The van der Waals surface area contributed by atoms with Crippen molar-refractivity contribution in [2.24, 2.45) is 0 Å². The first kappa shape index (κ1) is 32.7. The number of hydrogen-bond acceptors (Lipinski definition) is 4. The van der Waals surface area contributed by atoms with Crippen LogP contribution in [0.1, 0.15) is 70.0 Å². The second-order valence-corrected chi connectivity index (χ2v) is 16.8. The summed E-state index contributed by atoms with van der Waals surface area (Å²) in [5, 5.41) is 7.53. The maximum atomic E-state index is 7.28. The summed E-state index contributed by atoms with van der Waals surface area (Å²) in [6.45, 7) is 4.80. The van der Waals surface area contributed by atoms with Crippen LogP contribution in [0.5, 0.6) is 0 Å². The van der Waals surface area contributed by atoms with E-state index in [1.165, 1.54) is 82.6 Å². The Morgan fingerprint density at radius 1 is 0.655 bits per heavy atom. The van der Waals surface area contributed by atoms with Crippen molar-refractivity contribution >= 4 is 64.0 Å². The molecule has 4 aromatic heterocycles. The van der Waals surface area contributed by atoms with E-state index in [0.717, 1.165) is 22.4 Å². The van der Waals surface area contributed by atoms with Gasteiger partial charge >= 0.3 is 0 Å². The Bertz CT molecular complexity index is 3190. The summed E-state index contributed by atoms with van der Waals surface area (Å²) >= 11 is 3.54. The molecule has 0 unspecified atom stereocenters. The number of fused-ring (bicyclic) bond motifs is 5.